The molecule has 0 fully saturated rings. The zero-order valence-electron chi connectivity index (χ0n) is 11.1. The van der Waals surface area contributed by atoms with Gasteiger partial charge in [0.2, 0.25) is 0 Å². The van der Waals surface area contributed by atoms with Crippen LogP contribution in [0.2, 0.25) is 0 Å². The number of rotatable bonds is 3. The Bertz CT molecular complexity index is 480. The summed E-state index contributed by atoms with van der Waals surface area (Å²) < 4.78 is 10.9. The third-order valence-corrected chi connectivity index (χ3v) is 2.93. The van der Waals surface area contributed by atoms with Gasteiger partial charge in [0.15, 0.2) is 0 Å². The van der Waals surface area contributed by atoms with Crippen LogP contribution in [0.4, 0.5) is 5.69 Å². The Morgan fingerprint density at radius 3 is 2.89 bits per heavy atom. The summed E-state index contributed by atoms with van der Waals surface area (Å²) >= 11 is 0. The average Bonchev–Trinajstić information content (AvgIpc) is 2.62. The Labute approximate surface area is 107 Å². The predicted octanol–water partition coefficient (Wildman–Crippen LogP) is 2.55. The fraction of sp³-hybridized carbons (Fsp3) is 0.500. The fourth-order valence-corrected chi connectivity index (χ4v) is 2.13. The zero-order valence-corrected chi connectivity index (χ0v) is 11.1. The molecule has 1 heterocycles. The van der Waals surface area contributed by atoms with Crippen LogP contribution in [0.25, 0.3) is 0 Å². The Balaban J connectivity index is 2.29. The van der Waals surface area contributed by atoms with Crippen molar-refractivity contribution >= 4 is 11.7 Å². The molecule has 4 nitrogen and oxygen atoms in total. The van der Waals surface area contributed by atoms with Crippen LogP contribution in [0.5, 0.6) is 5.75 Å². The maximum Gasteiger partial charge on any atom is 0.340 e. The highest BCUT2D eigenvalue weighted by molar-refractivity contribution is 5.97. The van der Waals surface area contributed by atoms with Crippen LogP contribution >= 0.6 is 0 Å². The second-order valence-corrected chi connectivity index (χ2v) is 5.19. The molecule has 4 heteroatoms. The predicted molar refractivity (Wildman–Crippen MR) is 69.8 cm³/mol. The summed E-state index contributed by atoms with van der Waals surface area (Å²) in [5.74, 6) is 0.247. The van der Waals surface area contributed by atoms with Crippen LogP contribution in [-0.2, 0) is 11.2 Å². The minimum atomic E-state index is -0.384. The summed E-state index contributed by atoms with van der Waals surface area (Å²) in [5.41, 5.74) is 7.56. The molecule has 0 aromatic heterocycles. The SMILES string of the molecule is CCCOC(=O)c1ccc2c(c1N)OC(C)(C)C2. The van der Waals surface area contributed by atoms with Crippen LogP contribution in [-0.4, -0.2) is 18.2 Å². The lowest BCUT2D eigenvalue weighted by Crippen LogP contribution is -2.24. The molecule has 0 radical (unpaired) electrons. The van der Waals surface area contributed by atoms with Gasteiger partial charge in [-0.15, -0.1) is 0 Å². The maximum atomic E-state index is 11.8. The quantitative estimate of drug-likeness (QED) is 0.660. The highest BCUT2D eigenvalue weighted by Gasteiger charge is 2.33. The third-order valence-electron chi connectivity index (χ3n) is 2.93. The normalized spacial score (nSPS) is 15.9. The van der Waals surface area contributed by atoms with E-state index in [9.17, 15) is 4.79 Å². The first-order valence-corrected chi connectivity index (χ1v) is 6.22. The summed E-state index contributed by atoms with van der Waals surface area (Å²) in [5, 5.41) is 0. The van der Waals surface area contributed by atoms with Crippen molar-refractivity contribution in [3.63, 3.8) is 0 Å². The van der Waals surface area contributed by atoms with Gasteiger partial charge in [0, 0.05) is 12.0 Å². The highest BCUT2D eigenvalue weighted by Crippen LogP contribution is 2.40. The van der Waals surface area contributed by atoms with E-state index in [1.165, 1.54) is 0 Å². The van der Waals surface area contributed by atoms with E-state index in [0.717, 1.165) is 18.4 Å². The van der Waals surface area contributed by atoms with Gasteiger partial charge in [-0.2, -0.15) is 0 Å². The summed E-state index contributed by atoms with van der Waals surface area (Å²) in [4.78, 5) is 11.8. The van der Waals surface area contributed by atoms with Crippen molar-refractivity contribution in [2.24, 2.45) is 0 Å². The van der Waals surface area contributed by atoms with E-state index in [1.54, 1.807) is 6.07 Å². The van der Waals surface area contributed by atoms with E-state index >= 15 is 0 Å². The molecular weight excluding hydrogens is 230 g/mol. The highest BCUT2D eigenvalue weighted by atomic mass is 16.5. The van der Waals surface area contributed by atoms with Crippen molar-refractivity contribution in [2.75, 3.05) is 12.3 Å². The van der Waals surface area contributed by atoms with Crippen molar-refractivity contribution in [1.82, 2.24) is 0 Å². The number of carbonyl (C=O) groups excluding carboxylic acids is 1. The molecule has 2 rings (SSSR count). The molecule has 1 aliphatic rings. The molecule has 0 spiro atoms. The Kier molecular flexibility index (Phi) is 3.20. The van der Waals surface area contributed by atoms with E-state index in [1.807, 2.05) is 26.8 Å². The van der Waals surface area contributed by atoms with Crippen LogP contribution < -0.4 is 10.5 Å². The van der Waals surface area contributed by atoms with Gasteiger partial charge in [-0.1, -0.05) is 13.0 Å². The van der Waals surface area contributed by atoms with Crippen molar-refractivity contribution in [3.05, 3.63) is 23.3 Å². The van der Waals surface area contributed by atoms with E-state index in [-0.39, 0.29) is 11.6 Å². The van der Waals surface area contributed by atoms with E-state index < -0.39 is 0 Å². The summed E-state index contributed by atoms with van der Waals surface area (Å²) in [6.07, 6.45) is 1.59. The van der Waals surface area contributed by atoms with Gasteiger partial charge in [-0.05, 0) is 26.3 Å². The second kappa shape index (κ2) is 4.52. The Morgan fingerprint density at radius 2 is 2.22 bits per heavy atom. The lowest BCUT2D eigenvalue weighted by atomic mass is 10.00. The molecule has 0 amide bonds. The molecule has 0 bridgehead atoms. The van der Waals surface area contributed by atoms with Gasteiger partial charge in [0.1, 0.15) is 11.4 Å². The Morgan fingerprint density at radius 1 is 1.50 bits per heavy atom. The lowest BCUT2D eigenvalue weighted by Gasteiger charge is -2.17. The van der Waals surface area contributed by atoms with E-state index in [4.69, 9.17) is 15.2 Å². The molecule has 18 heavy (non-hydrogen) atoms. The summed E-state index contributed by atoms with van der Waals surface area (Å²) in [6, 6.07) is 3.61. The van der Waals surface area contributed by atoms with Crippen molar-refractivity contribution in [1.29, 1.82) is 0 Å². The van der Waals surface area contributed by atoms with E-state index in [2.05, 4.69) is 0 Å². The fourth-order valence-electron chi connectivity index (χ4n) is 2.13. The van der Waals surface area contributed by atoms with Gasteiger partial charge < -0.3 is 15.2 Å². The van der Waals surface area contributed by atoms with E-state index in [0.29, 0.717) is 23.6 Å². The minimum Gasteiger partial charge on any atom is -0.485 e. The van der Waals surface area contributed by atoms with Crippen LogP contribution in [0, 0.1) is 0 Å². The maximum absolute atomic E-state index is 11.8. The molecule has 1 aliphatic heterocycles. The topological polar surface area (TPSA) is 61.5 Å². The molecule has 0 atom stereocenters. The Hall–Kier alpha value is -1.71. The number of nitrogens with two attached hydrogens (primary N) is 1. The van der Waals surface area contributed by atoms with Gasteiger partial charge in [-0.3, -0.25) is 0 Å². The largest absolute Gasteiger partial charge is 0.485 e. The van der Waals surface area contributed by atoms with Gasteiger partial charge >= 0.3 is 5.97 Å². The monoisotopic (exact) mass is 249 g/mol. The van der Waals surface area contributed by atoms with Crippen LogP contribution in [0.15, 0.2) is 12.1 Å². The standard InChI is InChI=1S/C14H19NO3/c1-4-7-17-13(16)10-6-5-9-8-14(2,3)18-12(9)11(10)15/h5-6H,4,7-8,15H2,1-3H3. The molecule has 0 saturated carbocycles. The first-order chi connectivity index (χ1) is 8.44. The molecule has 1 aromatic rings. The summed E-state index contributed by atoms with van der Waals surface area (Å²) in [7, 11) is 0. The minimum absolute atomic E-state index is 0.262. The van der Waals surface area contributed by atoms with Gasteiger partial charge in [0.05, 0.1) is 17.9 Å². The summed E-state index contributed by atoms with van der Waals surface area (Å²) in [6.45, 7) is 6.36. The molecule has 98 valence electrons. The molecule has 0 unspecified atom stereocenters. The second-order valence-electron chi connectivity index (χ2n) is 5.19. The number of hydrogen-bond acceptors (Lipinski definition) is 4. The number of carbonyl (C=O) groups is 1. The number of nitrogen functional groups attached to an aromatic ring is 1. The number of hydrogen-bond donors (Lipinski definition) is 1. The molecular formula is C14H19NO3. The van der Waals surface area contributed by atoms with Crippen LogP contribution in [0.3, 0.4) is 0 Å². The third kappa shape index (κ3) is 2.28. The lowest BCUT2D eigenvalue weighted by molar-refractivity contribution is 0.0505. The number of benzene rings is 1. The van der Waals surface area contributed by atoms with Crippen molar-refractivity contribution in [2.45, 2.75) is 39.2 Å². The molecule has 1 aromatic carbocycles. The average molecular weight is 249 g/mol. The van der Waals surface area contributed by atoms with Crippen LogP contribution in [0.1, 0.15) is 43.1 Å². The van der Waals surface area contributed by atoms with Crippen molar-refractivity contribution < 1.29 is 14.3 Å². The van der Waals surface area contributed by atoms with Gasteiger partial charge in [-0.25, -0.2) is 4.79 Å². The zero-order chi connectivity index (χ0) is 13.3. The van der Waals surface area contributed by atoms with Crippen molar-refractivity contribution in [3.8, 4) is 5.75 Å². The number of anilines is 1. The first kappa shape index (κ1) is 12.7. The molecule has 0 aliphatic carbocycles. The smallest absolute Gasteiger partial charge is 0.340 e. The number of ether oxygens (including phenoxy) is 2. The van der Waals surface area contributed by atoms with Gasteiger partial charge in [0.25, 0.3) is 0 Å². The first-order valence-electron chi connectivity index (χ1n) is 6.22. The number of fused-ring (bicyclic) bond motifs is 1. The number of esters is 1. The molecule has 2 N–H and O–H groups in total. The molecule has 0 saturated heterocycles.